The van der Waals surface area contributed by atoms with E-state index in [2.05, 4.69) is 0 Å². The van der Waals surface area contributed by atoms with Gasteiger partial charge in [-0.2, -0.15) is 0 Å². The van der Waals surface area contributed by atoms with E-state index in [-0.39, 0.29) is 26.1 Å². The summed E-state index contributed by atoms with van der Waals surface area (Å²) in [6, 6.07) is 20.0. The second kappa shape index (κ2) is 9.59. The van der Waals surface area contributed by atoms with E-state index in [1.54, 1.807) is 12.1 Å². The molecule has 2 N–H and O–H groups in total. The lowest BCUT2D eigenvalue weighted by Crippen LogP contribution is -2.34. The monoisotopic (exact) mass is 526 g/mol. The first-order chi connectivity index (χ1) is 17.7. The Kier molecular flexibility index (Phi) is 6.60. The maximum absolute atomic E-state index is 13.4. The molecule has 0 unspecified atom stereocenters. The summed E-state index contributed by atoms with van der Waals surface area (Å²) in [4.78, 5) is 13.5. The number of hydrogen-bond donors (Lipinski definition) is 2. The second-order valence-electron chi connectivity index (χ2n) is 10.4. The van der Waals surface area contributed by atoms with Crippen LogP contribution in [0.2, 0.25) is 0 Å². The SMILES string of the molecule is CC(CO)(CO)CS(=O)(=O)c1ccc(-c2cccc(CC(=O)C3(c4ccc5c(c4)OCO5)CC3)c2)cc1.[HH].[HH]. The van der Waals surface area contributed by atoms with Crippen LogP contribution in [0.25, 0.3) is 11.1 Å². The summed E-state index contributed by atoms with van der Waals surface area (Å²) in [5.41, 5.74) is 1.98. The van der Waals surface area contributed by atoms with Gasteiger partial charge in [-0.15, -0.1) is 0 Å². The summed E-state index contributed by atoms with van der Waals surface area (Å²) >= 11 is 0. The first kappa shape index (κ1) is 25.4. The van der Waals surface area contributed by atoms with Gasteiger partial charge in [-0.05, 0) is 59.4 Å². The van der Waals surface area contributed by atoms with Crippen molar-refractivity contribution in [2.24, 2.45) is 5.41 Å². The predicted octanol–water partition coefficient (Wildman–Crippen LogP) is 4.18. The summed E-state index contributed by atoms with van der Waals surface area (Å²) in [5, 5.41) is 18.9. The standard InChI is InChI=1S/C29H30O7S.2H2/c1-28(16-30,17-31)18-37(33,34)24-8-5-21(6-9-24)22-4-2-3-20(13-22)14-27(32)29(11-12-29)23-7-10-25-26(15-23)36-19-35-25;;/h2-10,13,15,30-31H,11-12,14,16-19H2,1H3;2*1H. The zero-order valence-corrected chi connectivity index (χ0v) is 21.5. The lowest BCUT2D eigenvalue weighted by atomic mass is 9.87. The fourth-order valence-electron chi connectivity index (χ4n) is 4.80. The molecule has 5 rings (SSSR count). The number of Topliss-reactive ketones (excluding diaryl/α,β-unsaturated/α-hetero) is 1. The van der Waals surface area contributed by atoms with Crippen molar-refractivity contribution in [1.82, 2.24) is 0 Å². The van der Waals surface area contributed by atoms with Crippen LogP contribution in [0, 0.1) is 5.41 Å². The van der Waals surface area contributed by atoms with Crippen LogP contribution >= 0.6 is 0 Å². The Morgan fingerprint density at radius 1 is 0.946 bits per heavy atom. The minimum absolute atomic E-state index is 0. The minimum atomic E-state index is -3.69. The van der Waals surface area contributed by atoms with Gasteiger partial charge in [-0.1, -0.05) is 49.4 Å². The molecule has 1 aliphatic carbocycles. The summed E-state index contributed by atoms with van der Waals surface area (Å²) in [5.74, 6) is 1.20. The number of carbonyl (C=O) groups is 1. The van der Waals surface area contributed by atoms with Crippen molar-refractivity contribution < 1.29 is 35.8 Å². The third kappa shape index (κ3) is 5.01. The van der Waals surface area contributed by atoms with Gasteiger partial charge in [0, 0.05) is 14.7 Å². The van der Waals surface area contributed by atoms with Crippen LogP contribution in [0.4, 0.5) is 0 Å². The van der Waals surface area contributed by atoms with Crippen LogP contribution in [-0.2, 0) is 26.5 Å². The topological polar surface area (TPSA) is 110 Å². The van der Waals surface area contributed by atoms with E-state index in [1.807, 2.05) is 42.5 Å². The van der Waals surface area contributed by atoms with E-state index in [0.29, 0.717) is 17.9 Å². The van der Waals surface area contributed by atoms with Crippen molar-refractivity contribution in [2.45, 2.75) is 36.5 Å². The Hall–Kier alpha value is -3.20. The number of rotatable bonds is 10. The smallest absolute Gasteiger partial charge is 0.231 e. The molecule has 7 nitrogen and oxygen atoms in total. The highest BCUT2D eigenvalue weighted by Gasteiger charge is 2.50. The molecule has 1 fully saturated rings. The van der Waals surface area contributed by atoms with E-state index in [4.69, 9.17) is 9.47 Å². The Morgan fingerprint density at radius 3 is 2.32 bits per heavy atom. The molecular formula is C29H34O7S. The zero-order valence-electron chi connectivity index (χ0n) is 20.6. The predicted molar refractivity (Wildman–Crippen MR) is 143 cm³/mol. The van der Waals surface area contributed by atoms with Gasteiger partial charge in [-0.25, -0.2) is 8.42 Å². The molecule has 3 aromatic rings. The van der Waals surface area contributed by atoms with Gasteiger partial charge in [0.1, 0.15) is 5.78 Å². The third-order valence-electron chi connectivity index (χ3n) is 7.35. The molecule has 0 amide bonds. The number of carbonyl (C=O) groups excluding carboxylic acids is 1. The van der Waals surface area contributed by atoms with Crippen LogP contribution < -0.4 is 9.47 Å². The van der Waals surface area contributed by atoms with Crippen molar-refractivity contribution in [2.75, 3.05) is 25.8 Å². The van der Waals surface area contributed by atoms with Gasteiger partial charge in [0.15, 0.2) is 21.3 Å². The average molecular weight is 527 g/mol. The van der Waals surface area contributed by atoms with Gasteiger partial charge in [-0.3, -0.25) is 4.79 Å². The Bertz CT molecular complexity index is 1430. The van der Waals surface area contributed by atoms with Crippen LogP contribution in [-0.4, -0.2) is 50.2 Å². The van der Waals surface area contributed by atoms with Crippen molar-refractivity contribution in [1.29, 1.82) is 0 Å². The van der Waals surface area contributed by atoms with Crippen molar-refractivity contribution in [3.63, 3.8) is 0 Å². The van der Waals surface area contributed by atoms with Gasteiger partial charge in [0.05, 0.1) is 29.3 Å². The van der Waals surface area contributed by atoms with E-state index in [0.717, 1.165) is 35.1 Å². The van der Waals surface area contributed by atoms with E-state index in [9.17, 15) is 23.4 Å². The van der Waals surface area contributed by atoms with Crippen molar-refractivity contribution >= 4 is 15.6 Å². The fraction of sp³-hybridized carbons (Fsp3) is 0.345. The molecule has 1 saturated carbocycles. The molecule has 8 heteroatoms. The largest absolute Gasteiger partial charge is 0.454 e. The quantitative estimate of drug-likeness (QED) is 0.408. The molecule has 0 bridgehead atoms. The van der Waals surface area contributed by atoms with Crippen molar-refractivity contribution in [3.05, 3.63) is 77.9 Å². The van der Waals surface area contributed by atoms with Crippen molar-refractivity contribution in [3.8, 4) is 22.6 Å². The molecule has 37 heavy (non-hydrogen) atoms. The van der Waals surface area contributed by atoms with Gasteiger partial charge >= 0.3 is 0 Å². The number of aliphatic hydroxyl groups is 2. The average Bonchev–Trinajstić information content (AvgIpc) is 3.59. The maximum atomic E-state index is 13.4. The molecule has 0 aromatic heterocycles. The maximum Gasteiger partial charge on any atom is 0.231 e. The summed E-state index contributed by atoms with van der Waals surface area (Å²) < 4.78 is 36.5. The molecule has 3 aromatic carbocycles. The molecule has 1 heterocycles. The number of ketones is 1. The van der Waals surface area contributed by atoms with Gasteiger partial charge in [0.2, 0.25) is 6.79 Å². The minimum Gasteiger partial charge on any atom is -0.454 e. The van der Waals surface area contributed by atoms with Gasteiger partial charge < -0.3 is 19.7 Å². The van der Waals surface area contributed by atoms with Crippen LogP contribution in [0.5, 0.6) is 11.5 Å². The fourth-order valence-corrected chi connectivity index (χ4v) is 6.62. The van der Waals surface area contributed by atoms with E-state index in [1.165, 1.54) is 19.1 Å². The number of fused-ring (bicyclic) bond motifs is 1. The van der Waals surface area contributed by atoms with Crippen LogP contribution in [0.3, 0.4) is 0 Å². The number of sulfone groups is 1. The summed E-state index contributed by atoms with van der Waals surface area (Å²) in [6.45, 7) is 0.874. The number of benzene rings is 3. The summed E-state index contributed by atoms with van der Waals surface area (Å²) in [6.07, 6.45) is 1.93. The van der Waals surface area contributed by atoms with Crippen LogP contribution in [0.1, 0.15) is 33.7 Å². The third-order valence-corrected chi connectivity index (χ3v) is 9.42. The highest BCUT2D eigenvalue weighted by Crippen LogP contribution is 2.51. The molecule has 198 valence electrons. The Labute approximate surface area is 219 Å². The van der Waals surface area contributed by atoms with Gasteiger partial charge in [0.25, 0.3) is 0 Å². The number of hydrogen-bond acceptors (Lipinski definition) is 7. The molecule has 0 saturated heterocycles. The number of aliphatic hydroxyl groups excluding tert-OH is 2. The Morgan fingerprint density at radius 2 is 1.65 bits per heavy atom. The lowest BCUT2D eigenvalue weighted by Gasteiger charge is -2.24. The summed E-state index contributed by atoms with van der Waals surface area (Å²) in [7, 11) is -3.69. The number of ether oxygens (including phenoxy) is 2. The molecule has 2 aliphatic rings. The first-order valence-corrected chi connectivity index (χ1v) is 13.9. The molecule has 1 aliphatic heterocycles. The lowest BCUT2D eigenvalue weighted by molar-refractivity contribution is -0.120. The second-order valence-corrected chi connectivity index (χ2v) is 12.4. The molecule has 0 radical (unpaired) electrons. The molecule has 0 atom stereocenters. The normalized spacial score (nSPS) is 16.0. The van der Waals surface area contributed by atoms with E-state index >= 15 is 0 Å². The highest BCUT2D eigenvalue weighted by atomic mass is 32.2. The van der Waals surface area contributed by atoms with Crippen LogP contribution in [0.15, 0.2) is 71.6 Å². The zero-order chi connectivity index (χ0) is 26.3. The molecule has 0 spiro atoms. The van der Waals surface area contributed by atoms with E-state index < -0.39 is 33.9 Å². The first-order valence-electron chi connectivity index (χ1n) is 12.3. The highest BCUT2D eigenvalue weighted by molar-refractivity contribution is 7.91. The molecular weight excluding hydrogens is 492 g/mol. The Balaban J connectivity index is 0.00000210.